The van der Waals surface area contributed by atoms with Gasteiger partial charge in [0.15, 0.2) is 5.13 Å². The van der Waals surface area contributed by atoms with Gasteiger partial charge in [-0.1, -0.05) is 19.3 Å². The molecule has 2 heterocycles. The zero-order chi connectivity index (χ0) is 12.5. The van der Waals surface area contributed by atoms with Crippen molar-refractivity contribution in [2.24, 2.45) is 17.6 Å². The third-order valence-electron chi connectivity index (χ3n) is 4.63. The van der Waals surface area contributed by atoms with E-state index in [1.807, 2.05) is 0 Å². The molecule has 2 unspecified atom stereocenters. The first-order chi connectivity index (χ1) is 8.78. The highest BCUT2D eigenvalue weighted by molar-refractivity contribution is 7.15. The fourth-order valence-electron chi connectivity index (χ4n) is 3.51. The smallest absolute Gasteiger partial charge is 0.185 e. The molecule has 100 valence electrons. The first-order valence-electron chi connectivity index (χ1n) is 7.19. The number of hydrogen-bond acceptors (Lipinski definition) is 4. The van der Waals surface area contributed by atoms with E-state index in [9.17, 15) is 0 Å². The molecule has 2 atom stereocenters. The van der Waals surface area contributed by atoms with Crippen LogP contribution in [0.4, 0.5) is 5.13 Å². The number of aryl methyl sites for hydroxylation is 1. The standard InChI is InChI=1S/C14H23N3S/c1-10-13(8-15)18-14(16-10)17-7-6-11-4-2-3-5-12(11)9-17/h11-12H,2-9,15H2,1H3. The van der Waals surface area contributed by atoms with Crippen molar-refractivity contribution >= 4 is 16.5 Å². The Balaban J connectivity index is 1.72. The van der Waals surface area contributed by atoms with Crippen molar-refractivity contribution < 1.29 is 0 Å². The topological polar surface area (TPSA) is 42.2 Å². The molecule has 2 N–H and O–H groups in total. The number of fused-ring (bicyclic) bond motifs is 1. The van der Waals surface area contributed by atoms with E-state index in [-0.39, 0.29) is 0 Å². The largest absolute Gasteiger partial charge is 0.348 e. The van der Waals surface area contributed by atoms with E-state index in [0.29, 0.717) is 6.54 Å². The van der Waals surface area contributed by atoms with Crippen molar-refractivity contribution in [1.29, 1.82) is 0 Å². The highest BCUT2D eigenvalue weighted by atomic mass is 32.1. The number of nitrogens with two attached hydrogens (primary N) is 1. The van der Waals surface area contributed by atoms with E-state index in [1.54, 1.807) is 11.3 Å². The minimum Gasteiger partial charge on any atom is -0.348 e. The SMILES string of the molecule is Cc1nc(N2CCC3CCCCC3C2)sc1CN. The Morgan fingerprint density at radius 3 is 2.78 bits per heavy atom. The Labute approximate surface area is 113 Å². The molecule has 2 aliphatic rings. The monoisotopic (exact) mass is 265 g/mol. The van der Waals surface area contributed by atoms with Crippen molar-refractivity contribution in [2.75, 3.05) is 18.0 Å². The highest BCUT2D eigenvalue weighted by Crippen LogP contribution is 2.38. The van der Waals surface area contributed by atoms with Crippen LogP contribution in [0.25, 0.3) is 0 Å². The maximum Gasteiger partial charge on any atom is 0.185 e. The Hall–Kier alpha value is -0.610. The van der Waals surface area contributed by atoms with Crippen LogP contribution >= 0.6 is 11.3 Å². The molecule has 1 saturated heterocycles. The average molecular weight is 265 g/mol. The predicted octanol–water partition coefficient (Wildman–Crippen LogP) is 2.93. The Morgan fingerprint density at radius 2 is 2.06 bits per heavy atom. The Bertz CT molecular complexity index is 415. The lowest BCUT2D eigenvalue weighted by atomic mass is 9.75. The molecule has 3 rings (SSSR count). The maximum atomic E-state index is 5.75. The van der Waals surface area contributed by atoms with Crippen LogP contribution < -0.4 is 10.6 Å². The van der Waals surface area contributed by atoms with E-state index < -0.39 is 0 Å². The normalized spacial score (nSPS) is 28.2. The molecule has 1 aliphatic heterocycles. The zero-order valence-corrected chi connectivity index (χ0v) is 12.0. The third-order valence-corrected chi connectivity index (χ3v) is 5.87. The van der Waals surface area contributed by atoms with E-state index in [2.05, 4.69) is 11.8 Å². The first-order valence-corrected chi connectivity index (χ1v) is 8.01. The summed E-state index contributed by atoms with van der Waals surface area (Å²) in [6.07, 6.45) is 7.13. The molecule has 0 bridgehead atoms. The van der Waals surface area contributed by atoms with Crippen LogP contribution in [0.1, 0.15) is 42.7 Å². The van der Waals surface area contributed by atoms with Gasteiger partial charge >= 0.3 is 0 Å². The van der Waals surface area contributed by atoms with Crippen LogP contribution in [0.3, 0.4) is 0 Å². The molecule has 4 heteroatoms. The summed E-state index contributed by atoms with van der Waals surface area (Å²) in [6, 6.07) is 0. The third kappa shape index (κ3) is 2.28. The molecule has 1 aromatic rings. The lowest BCUT2D eigenvalue weighted by Gasteiger charge is -2.41. The van der Waals surface area contributed by atoms with Crippen LogP contribution in [0.5, 0.6) is 0 Å². The van der Waals surface area contributed by atoms with Crippen LogP contribution in [0.15, 0.2) is 0 Å². The summed E-state index contributed by atoms with van der Waals surface area (Å²) in [4.78, 5) is 8.46. The number of anilines is 1. The van der Waals surface area contributed by atoms with Gasteiger partial charge in [-0.3, -0.25) is 0 Å². The molecule has 1 aliphatic carbocycles. The second-order valence-electron chi connectivity index (χ2n) is 5.75. The molecular formula is C14H23N3S. The number of piperidine rings is 1. The highest BCUT2D eigenvalue weighted by Gasteiger charge is 2.32. The first kappa shape index (κ1) is 12.4. The van der Waals surface area contributed by atoms with Crippen LogP contribution in [-0.4, -0.2) is 18.1 Å². The quantitative estimate of drug-likeness (QED) is 0.894. The molecule has 0 radical (unpaired) electrons. The van der Waals surface area contributed by atoms with Crippen molar-refractivity contribution in [3.05, 3.63) is 10.6 Å². The minimum absolute atomic E-state index is 0.628. The number of rotatable bonds is 2. The van der Waals surface area contributed by atoms with E-state index in [4.69, 9.17) is 10.7 Å². The summed E-state index contributed by atoms with van der Waals surface area (Å²) >= 11 is 1.80. The summed E-state index contributed by atoms with van der Waals surface area (Å²) in [5.74, 6) is 1.91. The lowest BCUT2D eigenvalue weighted by Crippen LogP contribution is -2.41. The molecule has 3 nitrogen and oxygen atoms in total. The van der Waals surface area contributed by atoms with Gasteiger partial charge in [0, 0.05) is 24.5 Å². The number of hydrogen-bond donors (Lipinski definition) is 1. The van der Waals surface area contributed by atoms with Crippen molar-refractivity contribution in [1.82, 2.24) is 4.98 Å². The summed E-state index contributed by atoms with van der Waals surface area (Å²) in [6.45, 7) is 5.12. The van der Waals surface area contributed by atoms with Crippen molar-refractivity contribution in [3.8, 4) is 0 Å². The van der Waals surface area contributed by atoms with Gasteiger partial charge in [0.2, 0.25) is 0 Å². The van der Waals surface area contributed by atoms with Gasteiger partial charge < -0.3 is 10.6 Å². The van der Waals surface area contributed by atoms with Gasteiger partial charge in [-0.2, -0.15) is 0 Å². The van der Waals surface area contributed by atoms with Crippen LogP contribution in [0.2, 0.25) is 0 Å². The van der Waals surface area contributed by atoms with Crippen molar-refractivity contribution in [3.63, 3.8) is 0 Å². The van der Waals surface area contributed by atoms with Crippen molar-refractivity contribution in [2.45, 2.75) is 45.6 Å². The fraction of sp³-hybridized carbons (Fsp3) is 0.786. The van der Waals surface area contributed by atoms with Gasteiger partial charge in [-0.25, -0.2) is 4.98 Å². The molecule has 1 saturated carbocycles. The molecule has 0 spiro atoms. The Kier molecular flexibility index (Phi) is 3.57. The van der Waals surface area contributed by atoms with Gasteiger partial charge in [0.25, 0.3) is 0 Å². The van der Waals surface area contributed by atoms with Gasteiger partial charge in [-0.05, 0) is 31.6 Å². The minimum atomic E-state index is 0.628. The molecule has 2 fully saturated rings. The zero-order valence-electron chi connectivity index (χ0n) is 11.2. The van der Waals surface area contributed by atoms with E-state index >= 15 is 0 Å². The average Bonchev–Trinajstić information content (AvgIpc) is 2.79. The lowest BCUT2D eigenvalue weighted by molar-refractivity contribution is 0.202. The molecule has 0 aromatic carbocycles. The van der Waals surface area contributed by atoms with Gasteiger partial charge in [0.05, 0.1) is 5.69 Å². The number of thiazole rings is 1. The maximum absolute atomic E-state index is 5.75. The fourth-order valence-corrected chi connectivity index (χ4v) is 4.49. The predicted molar refractivity (Wildman–Crippen MR) is 77.0 cm³/mol. The van der Waals surface area contributed by atoms with Crippen LogP contribution in [-0.2, 0) is 6.54 Å². The number of nitrogens with zero attached hydrogens (tertiary/aromatic N) is 2. The summed E-state index contributed by atoms with van der Waals surface area (Å²) in [5, 5.41) is 1.21. The van der Waals surface area contributed by atoms with Gasteiger partial charge in [-0.15, -0.1) is 11.3 Å². The van der Waals surface area contributed by atoms with E-state index in [1.165, 1.54) is 55.2 Å². The van der Waals surface area contributed by atoms with Crippen LogP contribution in [0, 0.1) is 18.8 Å². The summed E-state index contributed by atoms with van der Waals surface area (Å²) in [7, 11) is 0. The molecule has 1 aromatic heterocycles. The summed E-state index contributed by atoms with van der Waals surface area (Å²) in [5.41, 5.74) is 6.88. The van der Waals surface area contributed by atoms with Gasteiger partial charge in [0.1, 0.15) is 0 Å². The summed E-state index contributed by atoms with van der Waals surface area (Å²) < 4.78 is 0. The van der Waals surface area contributed by atoms with E-state index in [0.717, 1.165) is 17.5 Å². The second-order valence-corrected chi connectivity index (χ2v) is 6.81. The second kappa shape index (κ2) is 5.17. The molecule has 18 heavy (non-hydrogen) atoms. The Morgan fingerprint density at radius 1 is 1.28 bits per heavy atom. The number of aromatic nitrogens is 1. The molecule has 0 amide bonds. The molecular weight excluding hydrogens is 242 g/mol.